The van der Waals surface area contributed by atoms with Gasteiger partial charge in [-0.25, -0.2) is 4.98 Å². The lowest BCUT2D eigenvalue weighted by Crippen LogP contribution is -2.12. The number of carbonyl (C=O) groups excluding carboxylic acids is 1. The van der Waals surface area contributed by atoms with Crippen LogP contribution in [-0.4, -0.2) is 20.4 Å². The Morgan fingerprint density at radius 1 is 1.04 bits per heavy atom. The Morgan fingerprint density at radius 2 is 1.88 bits per heavy atom. The van der Waals surface area contributed by atoms with Crippen LogP contribution < -0.4 is 5.73 Å². The number of nitrogens with two attached hydrogens (primary N) is 1. The number of primary amides is 1. The average molecular weight is 328 g/mol. The number of hydrogen-bond acceptors (Lipinski definition) is 3. The van der Waals surface area contributed by atoms with Crippen LogP contribution in [0.5, 0.6) is 0 Å². The van der Waals surface area contributed by atoms with Crippen molar-refractivity contribution in [2.24, 2.45) is 5.73 Å². The minimum atomic E-state index is -0.522. The van der Waals surface area contributed by atoms with E-state index >= 15 is 0 Å². The van der Waals surface area contributed by atoms with Gasteiger partial charge in [0, 0.05) is 41.6 Å². The number of hydrogen-bond donors (Lipinski definition) is 1. The molecule has 0 fully saturated rings. The van der Waals surface area contributed by atoms with Crippen LogP contribution in [0.3, 0.4) is 0 Å². The molecule has 3 aromatic heterocycles. The van der Waals surface area contributed by atoms with Crippen molar-refractivity contribution in [3.8, 4) is 11.3 Å². The first kappa shape index (κ1) is 15.1. The maximum atomic E-state index is 11.3. The number of fused-ring (bicyclic) bond motifs is 1. The van der Waals surface area contributed by atoms with E-state index in [0.717, 1.165) is 28.7 Å². The molecule has 0 bridgehead atoms. The molecule has 4 rings (SSSR count). The highest BCUT2D eigenvalue weighted by Crippen LogP contribution is 2.24. The number of aromatic nitrogens is 3. The minimum Gasteiger partial charge on any atom is -0.364 e. The second kappa shape index (κ2) is 6.20. The first-order valence-corrected chi connectivity index (χ1v) is 7.96. The van der Waals surface area contributed by atoms with Gasteiger partial charge in [-0.1, -0.05) is 12.1 Å². The van der Waals surface area contributed by atoms with E-state index in [2.05, 4.69) is 38.9 Å². The Labute approximate surface area is 144 Å². The van der Waals surface area contributed by atoms with Crippen molar-refractivity contribution >= 4 is 16.8 Å². The molecule has 122 valence electrons. The normalized spacial score (nSPS) is 10.9. The largest absolute Gasteiger partial charge is 0.364 e. The highest BCUT2D eigenvalue weighted by atomic mass is 16.1. The van der Waals surface area contributed by atoms with Crippen LogP contribution in [0.25, 0.3) is 22.2 Å². The summed E-state index contributed by atoms with van der Waals surface area (Å²) in [6.45, 7) is 0.792. The van der Waals surface area contributed by atoms with Crippen LogP contribution in [0, 0.1) is 0 Å². The summed E-state index contributed by atoms with van der Waals surface area (Å²) < 4.78 is 2.20. The van der Waals surface area contributed by atoms with Gasteiger partial charge in [0.2, 0.25) is 0 Å². The molecular weight excluding hydrogens is 312 g/mol. The van der Waals surface area contributed by atoms with E-state index in [1.165, 1.54) is 5.56 Å². The number of rotatable bonds is 4. The van der Waals surface area contributed by atoms with Gasteiger partial charge in [0.05, 0.1) is 5.69 Å². The number of pyridine rings is 2. The topological polar surface area (TPSA) is 73.8 Å². The van der Waals surface area contributed by atoms with E-state index in [4.69, 9.17) is 5.73 Å². The van der Waals surface area contributed by atoms with E-state index in [-0.39, 0.29) is 5.69 Å². The Kier molecular flexibility index (Phi) is 3.74. The van der Waals surface area contributed by atoms with Gasteiger partial charge in [-0.05, 0) is 48.0 Å². The van der Waals surface area contributed by atoms with Gasteiger partial charge in [-0.2, -0.15) is 0 Å². The molecule has 25 heavy (non-hydrogen) atoms. The summed E-state index contributed by atoms with van der Waals surface area (Å²) >= 11 is 0. The van der Waals surface area contributed by atoms with Crippen molar-refractivity contribution in [1.82, 2.24) is 14.5 Å². The van der Waals surface area contributed by atoms with Crippen LogP contribution >= 0.6 is 0 Å². The molecule has 0 aliphatic heterocycles. The van der Waals surface area contributed by atoms with Crippen molar-refractivity contribution in [2.45, 2.75) is 6.54 Å². The van der Waals surface area contributed by atoms with Crippen molar-refractivity contribution in [1.29, 1.82) is 0 Å². The van der Waals surface area contributed by atoms with E-state index < -0.39 is 5.91 Å². The molecule has 0 aliphatic carbocycles. The third kappa shape index (κ3) is 2.99. The van der Waals surface area contributed by atoms with E-state index in [0.29, 0.717) is 0 Å². The molecule has 1 aromatic carbocycles. The summed E-state index contributed by atoms with van der Waals surface area (Å²) in [5.74, 6) is -0.522. The summed E-state index contributed by atoms with van der Waals surface area (Å²) in [6, 6.07) is 17.6. The third-order valence-corrected chi connectivity index (χ3v) is 4.17. The van der Waals surface area contributed by atoms with Crippen LogP contribution in [-0.2, 0) is 6.54 Å². The smallest absolute Gasteiger partial charge is 0.267 e. The predicted molar refractivity (Wildman–Crippen MR) is 97.0 cm³/mol. The second-order valence-corrected chi connectivity index (χ2v) is 5.85. The standard InChI is InChI=1S/C20H16N4O/c21-20(25)18-3-1-2-17(23-18)15-4-5-19-16(12-15)8-11-24(19)13-14-6-9-22-10-7-14/h1-12H,13H2,(H2,21,25). The second-order valence-electron chi connectivity index (χ2n) is 5.85. The van der Waals surface area contributed by atoms with Crippen LogP contribution in [0.4, 0.5) is 0 Å². The quantitative estimate of drug-likeness (QED) is 0.625. The van der Waals surface area contributed by atoms with E-state index in [9.17, 15) is 4.79 Å². The fourth-order valence-corrected chi connectivity index (χ4v) is 2.91. The lowest BCUT2D eigenvalue weighted by Gasteiger charge is -2.07. The van der Waals surface area contributed by atoms with Crippen molar-refractivity contribution in [2.75, 3.05) is 0 Å². The zero-order valence-electron chi connectivity index (χ0n) is 13.5. The van der Waals surface area contributed by atoms with Crippen molar-refractivity contribution in [3.05, 3.63) is 84.4 Å². The first-order chi connectivity index (χ1) is 12.2. The highest BCUT2D eigenvalue weighted by Gasteiger charge is 2.08. The lowest BCUT2D eigenvalue weighted by molar-refractivity contribution is 0.0995. The molecule has 0 radical (unpaired) electrons. The Hall–Kier alpha value is -3.47. The molecule has 3 heterocycles. The Balaban J connectivity index is 1.70. The molecule has 5 nitrogen and oxygen atoms in total. The van der Waals surface area contributed by atoms with Crippen LogP contribution in [0.1, 0.15) is 16.1 Å². The number of carbonyl (C=O) groups is 1. The van der Waals surface area contributed by atoms with Gasteiger partial charge in [-0.15, -0.1) is 0 Å². The van der Waals surface area contributed by atoms with Gasteiger partial charge in [-0.3, -0.25) is 9.78 Å². The zero-order valence-corrected chi connectivity index (χ0v) is 13.5. The number of amides is 1. The maximum absolute atomic E-state index is 11.3. The summed E-state index contributed by atoms with van der Waals surface area (Å²) in [7, 11) is 0. The fourth-order valence-electron chi connectivity index (χ4n) is 2.91. The average Bonchev–Trinajstić information content (AvgIpc) is 3.05. The lowest BCUT2D eigenvalue weighted by atomic mass is 10.1. The van der Waals surface area contributed by atoms with Crippen LogP contribution in [0.15, 0.2) is 73.2 Å². The molecule has 1 amide bonds. The van der Waals surface area contributed by atoms with Gasteiger partial charge >= 0.3 is 0 Å². The summed E-state index contributed by atoms with van der Waals surface area (Å²) in [5.41, 5.74) is 9.63. The monoisotopic (exact) mass is 328 g/mol. The Morgan fingerprint density at radius 3 is 2.68 bits per heavy atom. The van der Waals surface area contributed by atoms with Gasteiger partial charge in [0.15, 0.2) is 0 Å². The number of benzene rings is 1. The van der Waals surface area contributed by atoms with E-state index in [1.807, 2.05) is 24.3 Å². The minimum absolute atomic E-state index is 0.271. The maximum Gasteiger partial charge on any atom is 0.267 e. The molecule has 0 aliphatic rings. The molecule has 0 unspecified atom stereocenters. The molecular formula is C20H16N4O. The number of nitrogens with zero attached hydrogens (tertiary/aromatic N) is 3. The fraction of sp³-hybridized carbons (Fsp3) is 0.0500. The molecule has 2 N–H and O–H groups in total. The molecule has 0 saturated carbocycles. The molecule has 0 spiro atoms. The van der Waals surface area contributed by atoms with Gasteiger partial charge in [0.1, 0.15) is 5.69 Å². The third-order valence-electron chi connectivity index (χ3n) is 4.17. The Bertz CT molecular complexity index is 1050. The molecule has 0 saturated heterocycles. The van der Waals surface area contributed by atoms with Gasteiger partial charge < -0.3 is 10.3 Å². The zero-order chi connectivity index (χ0) is 17.2. The van der Waals surface area contributed by atoms with E-state index in [1.54, 1.807) is 24.5 Å². The molecule has 4 aromatic rings. The summed E-state index contributed by atoms with van der Waals surface area (Å²) in [6.07, 6.45) is 5.68. The molecule has 0 atom stereocenters. The molecule has 5 heteroatoms. The SMILES string of the molecule is NC(=O)c1cccc(-c2ccc3c(ccn3Cc3ccncc3)c2)n1. The predicted octanol–water partition coefficient (Wildman–Crippen LogP) is 3.25. The summed E-state index contributed by atoms with van der Waals surface area (Å²) in [5, 5.41) is 1.12. The first-order valence-electron chi connectivity index (χ1n) is 7.96. The van der Waals surface area contributed by atoms with Gasteiger partial charge in [0.25, 0.3) is 5.91 Å². The highest BCUT2D eigenvalue weighted by molar-refractivity contribution is 5.91. The van der Waals surface area contributed by atoms with Crippen LogP contribution in [0.2, 0.25) is 0 Å². The van der Waals surface area contributed by atoms with Crippen molar-refractivity contribution < 1.29 is 4.79 Å². The summed E-state index contributed by atoms with van der Waals surface area (Å²) in [4.78, 5) is 19.7. The van der Waals surface area contributed by atoms with Crippen molar-refractivity contribution in [3.63, 3.8) is 0 Å².